The van der Waals surface area contributed by atoms with Gasteiger partial charge in [0, 0.05) is 0 Å². The fraction of sp³-hybridized carbons (Fsp3) is 0.833. The van der Waals surface area contributed by atoms with Gasteiger partial charge in [-0.1, -0.05) is 13.3 Å². The number of carboxylic acid groups (broad SMARTS) is 1. The van der Waals surface area contributed by atoms with Crippen LogP contribution in [0.2, 0.25) is 0 Å². The molecule has 1 rings (SSSR count). The number of likely N-dealkylation sites (tertiary alicyclic amines) is 1. The van der Waals surface area contributed by atoms with Crippen molar-refractivity contribution in [1.29, 1.82) is 0 Å². The van der Waals surface area contributed by atoms with Crippen LogP contribution in [0.25, 0.3) is 0 Å². The molecule has 0 aromatic rings. The Kier molecular flexibility index (Phi) is 5.41. The second kappa shape index (κ2) is 6.59. The van der Waals surface area contributed by atoms with Crippen LogP contribution in [0.15, 0.2) is 0 Å². The summed E-state index contributed by atoms with van der Waals surface area (Å²) in [5.41, 5.74) is 0. The van der Waals surface area contributed by atoms with Crippen molar-refractivity contribution in [3.63, 3.8) is 0 Å². The molecule has 0 aromatic heterocycles. The Balaban J connectivity index is 2.49. The van der Waals surface area contributed by atoms with Crippen molar-refractivity contribution in [3.05, 3.63) is 0 Å². The summed E-state index contributed by atoms with van der Waals surface area (Å²) in [5.74, 6) is -0.997. The first kappa shape index (κ1) is 14.0. The molecular formula is C12H21NO4. The zero-order chi connectivity index (χ0) is 12.8. The average molecular weight is 243 g/mol. The molecule has 1 aliphatic rings. The number of hydrogen-bond acceptors (Lipinski definition) is 4. The topological polar surface area (TPSA) is 66.8 Å². The average Bonchev–Trinajstić information content (AvgIpc) is 2.35. The van der Waals surface area contributed by atoms with Gasteiger partial charge >= 0.3 is 11.9 Å². The Labute approximate surface area is 102 Å². The maximum atomic E-state index is 11.3. The van der Waals surface area contributed by atoms with Crippen LogP contribution >= 0.6 is 0 Å². The second-order valence-electron chi connectivity index (χ2n) is 4.48. The maximum absolute atomic E-state index is 11.3. The van der Waals surface area contributed by atoms with E-state index >= 15 is 0 Å². The first-order valence-corrected chi connectivity index (χ1v) is 6.14. The Morgan fingerprint density at radius 1 is 1.41 bits per heavy atom. The van der Waals surface area contributed by atoms with Gasteiger partial charge in [0.15, 0.2) is 0 Å². The molecule has 5 heteroatoms. The molecule has 1 aliphatic heterocycles. The molecule has 17 heavy (non-hydrogen) atoms. The largest absolute Gasteiger partial charge is 0.480 e. The third-order valence-corrected chi connectivity index (χ3v) is 3.35. The van der Waals surface area contributed by atoms with E-state index in [2.05, 4.69) is 0 Å². The van der Waals surface area contributed by atoms with Crippen molar-refractivity contribution in [3.8, 4) is 0 Å². The number of ether oxygens (including phenoxy) is 1. The smallest absolute Gasteiger partial charge is 0.320 e. The van der Waals surface area contributed by atoms with Crippen molar-refractivity contribution >= 4 is 11.9 Å². The van der Waals surface area contributed by atoms with Crippen LogP contribution < -0.4 is 0 Å². The fourth-order valence-electron chi connectivity index (χ4n) is 2.35. The highest BCUT2D eigenvalue weighted by molar-refractivity contribution is 5.74. The number of nitrogens with zero attached hydrogens (tertiary/aromatic N) is 1. The monoisotopic (exact) mass is 243 g/mol. The van der Waals surface area contributed by atoms with Gasteiger partial charge in [0.1, 0.15) is 6.04 Å². The Bertz CT molecular complexity index is 272. The predicted octanol–water partition coefficient (Wildman–Crippen LogP) is 1.12. The first-order chi connectivity index (χ1) is 8.10. The van der Waals surface area contributed by atoms with Crippen molar-refractivity contribution in [2.24, 2.45) is 5.92 Å². The van der Waals surface area contributed by atoms with Crippen molar-refractivity contribution in [2.75, 3.05) is 20.2 Å². The van der Waals surface area contributed by atoms with Gasteiger partial charge in [0.2, 0.25) is 0 Å². The lowest BCUT2D eigenvalue weighted by molar-refractivity contribution is -0.148. The third kappa shape index (κ3) is 3.70. The third-order valence-electron chi connectivity index (χ3n) is 3.35. The number of carbonyl (C=O) groups is 2. The van der Waals surface area contributed by atoms with E-state index < -0.39 is 12.0 Å². The zero-order valence-corrected chi connectivity index (χ0v) is 10.5. The van der Waals surface area contributed by atoms with E-state index in [1.54, 1.807) is 0 Å². The van der Waals surface area contributed by atoms with E-state index in [0.717, 1.165) is 6.42 Å². The van der Waals surface area contributed by atoms with E-state index in [0.29, 0.717) is 32.4 Å². The van der Waals surface area contributed by atoms with Crippen molar-refractivity contribution < 1.29 is 19.4 Å². The lowest BCUT2D eigenvalue weighted by atomic mass is 9.95. The summed E-state index contributed by atoms with van der Waals surface area (Å²) in [6.07, 6.45) is 2.91. The van der Waals surface area contributed by atoms with Gasteiger partial charge in [-0.25, -0.2) is 0 Å². The summed E-state index contributed by atoms with van der Waals surface area (Å²) in [4.78, 5) is 24.4. The van der Waals surface area contributed by atoms with Crippen molar-refractivity contribution in [1.82, 2.24) is 4.90 Å². The number of methoxy groups -OCH3 is 1. The van der Waals surface area contributed by atoms with E-state index in [-0.39, 0.29) is 11.9 Å². The molecule has 1 N–H and O–H groups in total. The lowest BCUT2D eigenvalue weighted by Gasteiger charge is -2.34. The summed E-state index contributed by atoms with van der Waals surface area (Å²) in [6.45, 7) is 3.31. The van der Waals surface area contributed by atoms with Crippen LogP contribution in [0, 0.1) is 5.92 Å². The summed E-state index contributed by atoms with van der Waals surface area (Å²) >= 11 is 0. The van der Waals surface area contributed by atoms with Gasteiger partial charge in [-0.15, -0.1) is 0 Å². The molecule has 1 atom stereocenters. The number of rotatable bonds is 5. The second-order valence-corrected chi connectivity index (χ2v) is 4.48. The number of hydrogen-bond donors (Lipinski definition) is 1. The molecule has 0 amide bonds. The van der Waals surface area contributed by atoms with Crippen LogP contribution in [0.4, 0.5) is 0 Å². The Morgan fingerprint density at radius 2 is 2.00 bits per heavy atom. The number of carboxylic acids is 1. The Morgan fingerprint density at radius 3 is 2.41 bits per heavy atom. The number of carbonyl (C=O) groups excluding carboxylic acids is 1. The molecule has 1 fully saturated rings. The number of aliphatic carboxylic acids is 1. The number of piperidine rings is 1. The highest BCUT2D eigenvalue weighted by atomic mass is 16.5. The minimum absolute atomic E-state index is 0.0627. The van der Waals surface area contributed by atoms with Gasteiger partial charge in [-0.2, -0.15) is 0 Å². The molecule has 0 aliphatic carbocycles. The number of esters is 1. The predicted molar refractivity (Wildman–Crippen MR) is 62.6 cm³/mol. The van der Waals surface area contributed by atoms with Crippen LogP contribution in [0.3, 0.4) is 0 Å². The first-order valence-electron chi connectivity index (χ1n) is 6.14. The summed E-state index contributed by atoms with van der Waals surface area (Å²) in [7, 11) is 1.39. The summed E-state index contributed by atoms with van der Waals surface area (Å²) in [6, 6.07) is -0.404. The molecule has 0 saturated carbocycles. The molecule has 1 saturated heterocycles. The van der Waals surface area contributed by atoms with E-state index in [1.807, 2.05) is 11.8 Å². The van der Waals surface area contributed by atoms with Gasteiger partial charge in [0.25, 0.3) is 0 Å². The van der Waals surface area contributed by atoms with Crippen LogP contribution in [0.1, 0.15) is 32.6 Å². The van der Waals surface area contributed by atoms with Crippen molar-refractivity contribution in [2.45, 2.75) is 38.6 Å². The van der Waals surface area contributed by atoms with Gasteiger partial charge in [-0.3, -0.25) is 14.5 Å². The Hall–Kier alpha value is -1.10. The van der Waals surface area contributed by atoms with E-state index in [1.165, 1.54) is 7.11 Å². The molecule has 0 aromatic carbocycles. The molecule has 5 nitrogen and oxygen atoms in total. The molecule has 0 spiro atoms. The van der Waals surface area contributed by atoms with E-state index in [9.17, 15) is 9.59 Å². The quantitative estimate of drug-likeness (QED) is 0.733. The molecule has 1 heterocycles. The fourth-order valence-corrected chi connectivity index (χ4v) is 2.35. The minimum atomic E-state index is -0.761. The standard InChI is InChI=1S/C12H21NO4/c1-3-4-10(11(14)15)13-7-5-9(6-8-13)12(16)17-2/h9-10H,3-8H2,1-2H3,(H,14,15). The van der Waals surface area contributed by atoms with Gasteiger partial charge < -0.3 is 9.84 Å². The van der Waals surface area contributed by atoms with Crippen LogP contribution in [-0.2, 0) is 14.3 Å². The van der Waals surface area contributed by atoms with E-state index in [4.69, 9.17) is 9.84 Å². The van der Waals surface area contributed by atoms with Gasteiger partial charge in [0.05, 0.1) is 13.0 Å². The highest BCUT2D eigenvalue weighted by Crippen LogP contribution is 2.21. The summed E-state index contributed by atoms with van der Waals surface area (Å²) in [5, 5.41) is 9.14. The molecule has 1 unspecified atom stereocenters. The lowest BCUT2D eigenvalue weighted by Crippen LogP contribution is -2.46. The van der Waals surface area contributed by atoms with Gasteiger partial charge in [-0.05, 0) is 32.4 Å². The molecular weight excluding hydrogens is 222 g/mol. The van der Waals surface area contributed by atoms with Crippen LogP contribution in [0.5, 0.6) is 0 Å². The molecule has 98 valence electrons. The minimum Gasteiger partial charge on any atom is -0.480 e. The highest BCUT2D eigenvalue weighted by Gasteiger charge is 2.31. The maximum Gasteiger partial charge on any atom is 0.320 e. The van der Waals surface area contributed by atoms with Crippen LogP contribution in [-0.4, -0.2) is 48.2 Å². The zero-order valence-electron chi connectivity index (χ0n) is 10.5. The molecule has 0 radical (unpaired) electrons. The summed E-state index contributed by atoms with van der Waals surface area (Å²) < 4.78 is 4.71. The molecule has 0 bridgehead atoms. The SMILES string of the molecule is CCCC(C(=O)O)N1CCC(C(=O)OC)CC1. The normalized spacial score (nSPS) is 19.9.